The van der Waals surface area contributed by atoms with Crippen molar-refractivity contribution in [1.29, 1.82) is 0 Å². The Labute approximate surface area is 78.5 Å². The summed E-state index contributed by atoms with van der Waals surface area (Å²) in [6.07, 6.45) is 2.36. The molecule has 3 nitrogen and oxygen atoms in total. The molecule has 0 spiro atoms. The number of nitrogens with zero attached hydrogens (tertiary/aromatic N) is 1. The topological polar surface area (TPSA) is 32.3 Å². The van der Waals surface area contributed by atoms with Crippen LogP contribution in [0.2, 0.25) is 0 Å². The molecule has 0 aromatic heterocycles. The molecular formula is C10H16N2O. The molecular weight excluding hydrogens is 164 g/mol. The van der Waals surface area contributed by atoms with Gasteiger partial charge in [0.05, 0.1) is 0 Å². The normalized spacial score (nSPS) is 47.0. The summed E-state index contributed by atoms with van der Waals surface area (Å²) in [5.41, 5.74) is 0. The van der Waals surface area contributed by atoms with E-state index in [1.165, 1.54) is 6.42 Å². The van der Waals surface area contributed by atoms with Gasteiger partial charge in [-0.2, -0.15) is 0 Å². The van der Waals surface area contributed by atoms with Gasteiger partial charge in [-0.1, -0.05) is 6.92 Å². The van der Waals surface area contributed by atoms with Crippen LogP contribution in [0, 0.1) is 11.8 Å². The number of hydrogen-bond donors (Lipinski definition) is 1. The molecule has 0 aromatic rings. The van der Waals surface area contributed by atoms with E-state index >= 15 is 0 Å². The van der Waals surface area contributed by atoms with Crippen molar-refractivity contribution in [3.05, 3.63) is 0 Å². The van der Waals surface area contributed by atoms with E-state index in [1.807, 2.05) is 0 Å². The second-order valence-electron chi connectivity index (χ2n) is 4.77. The zero-order valence-corrected chi connectivity index (χ0v) is 7.99. The van der Waals surface area contributed by atoms with Crippen molar-refractivity contribution >= 4 is 5.91 Å². The van der Waals surface area contributed by atoms with E-state index in [2.05, 4.69) is 17.1 Å². The van der Waals surface area contributed by atoms with Crippen LogP contribution in [0.15, 0.2) is 0 Å². The lowest BCUT2D eigenvalue weighted by atomic mass is 9.88. The lowest BCUT2D eigenvalue weighted by molar-refractivity contribution is -0.149. The fourth-order valence-electron chi connectivity index (χ4n) is 2.70. The fourth-order valence-corrected chi connectivity index (χ4v) is 2.70. The molecule has 2 bridgehead atoms. The predicted molar refractivity (Wildman–Crippen MR) is 49.2 cm³/mol. The van der Waals surface area contributed by atoms with Gasteiger partial charge in [-0.25, -0.2) is 0 Å². The van der Waals surface area contributed by atoms with Gasteiger partial charge in [0.25, 0.3) is 0 Å². The maximum absolute atomic E-state index is 11.9. The van der Waals surface area contributed by atoms with Gasteiger partial charge in [0.15, 0.2) is 0 Å². The Morgan fingerprint density at radius 1 is 1.31 bits per heavy atom. The SMILES string of the molecule is C[C@H]1C[C@H]1C(=O)N1C2CNCC1C2. The van der Waals surface area contributed by atoms with Gasteiger partial charge >= 0.3 is 0 Å². The number of piperidine rings is 1. The van der Waals surface area contributed by atoms with E-state index in [0.717, 1.165) is 19.5 Å². The minimum absolute atomic E-state index is 0.378. The largest absolute Gasteiger partial charge is 0.334 e. The van der Waals surface area contributed by atoms with Gasteiger partial charge in [0.2, 0.25) is 5.91 Å². The molecule has 2 unspecified atom stereocenters. The summed E-state index contributed by atoms with van der Waals surface area (Å²) in [7, 11) is 0. The van der Waals surface area contributed by atoms with E-state index < -0.39 is 0 Å². The van der Waals surface area contributed by atoms with Crippen molar-refractivity contribution in [1.82, 2.24) is 10.2 Å². The first-order valence-corrected chi connectivity index (χ1v) is 5.30. The first kappa shape index (κ1) is 7.80. The van der Waals surface area contributed by atoms with Crippen LogP contribution in [0.3, 0.4) is 0 Å². The molecule has 2 aliphatic heterocycles. The number of hydrogen-bond acceptors (Lipinski definition) is 2. The summed E-state index contributed by atoms with van der Waals surface area (Å²) < 4.78 is 0. The van der Waals surface area contributed by atoms with E-state index in [-0.39, 0.29) is 0 Å². The average molecular weight is 180 g/mol. The van der Waals surface area contributed by atoms with Crippen molar-refractivity contribution in [3.63, 3.8) is 0 Å². The summed E-state index contributed by atoms with van der Waals surface area (Å²) in [6, 6.07) is 1.05. The van der Waals surface area contributed by atoms with Crippen LogP contribution >= 0.6 is 0 Å². The number of carbonyl (C=O) groups excluding carboxylic acids is 1. The van der Waals surface area contributed by atoms with Crippen LogP contribution in [0.4, 0.5) is 0 Å². The summed E-state index contributed by atoms with van der Waals surface area (Å²) in [4.78, 5) is 14.1. The summed E-state index contributed by atoms with van der Waals surface area (Å²) in [5.74, 6) is 1.47. The Morgan fingerprint density at radius 2 is 1.92 bits per heavy atom. The van der Waals surface area contributed by atoms with Crippen LogP contribution in [-0.2, 0) is 4.79 Å². The van der Waals surface area contributed by atoms with E-state index in [9.17, 15) is 4.79 Å². The van der Waals surface area contributed by atoms with Crippen LogP contribution in [0.25, 0.3) is 0 Å². The van der Waals surface area contributed by atoms with Gasteiger partial charge in [0.1, 0.15) is 0 Å². The second-order valence-corrected chi connectivity index (χ2v) is 4.77. The number of nitrogens with one attached hydrogen (secondary N) is 1. The second kappa shape index (κ2) is 2.47. The number of amides is 1. The van der Waals surface area contributed by atoms with Gasteiger partial charge in [-0.3, -0.25) is 4.79 Å². The zero-order valence-electron chi connectivity index (χ0n) is 7.99. The molecule has 72 valence electrons. The molecule has 3 fully saturated rings. The highest BCUT2D eigenvalue weighted by Crippen LogP contribution is 2.42. The summed E-state index contributed by atoms with van der Waals surface area (Å²) in [5, 5.41) is 3.35. The van der Waals surface area contributed by atoms with Crippen molar-refractivity contribution < 1.29 is 4.79 Å². The first-order chi connectivity index (χ1) is 6.27. The van der Waals surface area contributed by atoms with Gasteiger partial charge in [0, 0.05) is 31.1 Å². The summed E-state index contributed by atoms with van der Waals surface area (Å²) >= 11 is 0. The van der Waals surface area contributed by atoms with Crippen molar-refractivity contribution in [2.24, 2.45) is 11.8 Å². The minimum Gasteiger partial charge on any atom is -0.334 e. The van der Waals surface area contributed by atoms with Crippen LogP contribution in [0.5, 0.6) is 0 Å². The third-order valence-corrected chi connectivity index (χ3v) is 3.77. The Balaban J connectivity index is 1.69. The molecule has 3 aliphatic rings. The van der Waals surface area contributed by atoms with Gasteiger partial charge in [-0.15, -0.1) is 0 Å². The first-order valence-electron chi connectivity index (χ1n) is 5.30. The Bertz CT molecular complexity index is 239. The quantitative estimate of drug-likeness (QED) is 0.626. The molecule has 2 heterocycles. The van der Waals surface area contributed by atoms with Crippen molar-refractivity contribution in [2.75, 3.05) is 13.1 Å². The molecule has 4 atom stereocenters. The average Bonchev–Trinajstić information content (AvgIpc) is 2.84. The summed E-state index contributed by atoms with van der Waals surface area (Å²) in [6.45, 7) is 4.21. The molecule has 13 heavy (non-hydrogen) atoms. The van der Waals surface area contributed by atoms with E-state index in [4.69, 9.17) is 0 Å². The highest BCUT2D eigenvalue weighted by molar-refractivity contribution is 5.83. The molecule has 3 rings (SSSR count). The Kier molecular flexibility index (Phi) is 1.48. The smallest absolute Gasteiger partial charge is 0.226 e. The fraction of sp³-hybridized carbons (Fsp3) is 0.900. The molecule has 1 saturated carbocycles. The molecule has 0 aromatic carbocycles. The standard InChI is InChI=1S/C10H16N2O/c1-6-2-9(6)10(13)12-7-3-8(12)5-11-4-7/h6-9,11H,2-5H2,1H3/t6-,7?,8?,9+/m0/s1. The van der Waals surface area contributed by atoms with Crippen molar-refractivity contribution in [2.45, 2.75) is 31.8 Å². The molecule has 2 saturated heterocycles. The number of piperazine rings is 1. The molecule has 3 heteroatoms. The van der Waals surface area contributed by atoms with Crippen LogP contribution in [0.1, 0.15) is 19.8 Å². The maximum atomic E-state index is 11.9. The predicted octanol–water partition coefficient (Wildman–Crippen LogP) is 0.215. The number of fused-ring (bicyclic) bond motifs is 2. The third kappa shape index (κ3) is 1.03. The maximum Gasteiger partial charge on any atom is 0.226 e. The van der Waals surface area contributed by atoms with Crippen LogP contribution < -0.4 is 5.32 Å². The number of rotatable bonds is 1. The lowest BCUT2D eigenvalue weighted by Gasteiger charge is -2.53. The number of carbonyl (C=O) groups is 1. The van der Waals surface area contributed by atoms with E-state index in [1.54, 1.807) is 0 Å². The zero-order chi connectivity index (χ0) is 9.00. The van der Waals surface area contributed by atoms with Gasteiger partial charge in [-0.05, 0) is 18.8 Å². The van der Waals surface area contributed by atoms with Gasteiger partial charge < -0.3 is 10.2 Å². The van der Waals surface area contributed by atoms with Crippen molar-refractivity contribution in [3.8, 4) is 0 Å². The van der Waals surface area contributed by atoms with Crippen LogP contribution in [-0.4, -0.2) is 36.0 Å². The highest BCUT2D eigenvalue weighted by Gasteiger charge is 2.50. The Hall–Kier alpha value is -0.570. The third-order valence-electron chi connectivity index (χ3n) is 3.77. The monoisotopic (exact) mass is 180 g/mol. The molecule has 1 aliphatic carbocycles. The Morgan fingerprint density at radius 3 is 2.38 bits per heavy atom. The highest BCUT2D eigenvalue weighted by atomic mass is 16.2. The molecule has 1 N–H and O–H groups in total. The molecule has 0 radical (unpaired) electrons. The lowest BCUT2D eigenvalue weighted by Crippen LogP contribution is -2.69. The van der Waals surface area contributed by atoms with E-state index in [0.29, 0.717) is 29.8 Å². The molecule has 1 amide bonds. The minimum atomic E-state index is 0.378.